The van der Waals surface area contributed by atoms with Crippen molar-refractivity contribution in [1.29, 1.82) is 0 Å². The molecule has 19 heavy (non-hydrogen) atoms. The predicted octanol–water partition coefficient (Wildman–Crippen LogP) is 4.09. The lowest BCUT2D eigenvalue weighted by atomic mass is 10.1. The number of rotatable bonds is 7. The van der Waals surface area contributed by atoms with Crippen LogP contribution in [-0.4, -0.2) is 13.1 Å². The number of allylic oxidation sites excluding steroid dienone is 1. The van der Waals surface area contributed by atoms with E-state index < -0.39 is 11.6 Å². The minimum Gasteiger partial charge on any atom is -0.316 e. The van der Waals surface area contributed by atoms with Crippen molar-refractivity contribution < 1.29 is 8.78 Å². The highest BCUT2D eigenvalue weighted by molar-refractivity contribution is 5.22. The molecule has 1 nitrogen and oxygen atoms in total. The molecule has 0 fully saturated rings. The molecule has 1 rings (SSSR count). The number of benzene rings is 1. The largest absolute Gasteiger partial charge is 0.316 e. The first-order valence-corrected chi connectivity index (χ1v) is 6.79. The summed E-state index contributed by atoms with van der Waals surface area (Å²) in [5.41, 5.74) is 1.99. The van der Waals surface area contributed by atoms with Crippen molar-refractivity contribution in [3.8, 4) is 0 Å². The van der Waals surface area contributed by atoms with Crippen LogP contribution in [0.1, 0.15) is 32.8 Å². The Bertz CT molecular complexity index is 425. The molecule has 0 aromatic heterocycles. The molecule has 1 N–H and O–H groups in total. The summed E-state index contributed by atoms with van der Waals surface area (Å²) in [6.45, 7) is 8.35. The molecular weight excluding hydrogens is 244 g/mol. The number of nitrogens with one attached hydrogen (secondary N) is 1. The first kappa shape index (κ1) is 15.8. The summed E-state index contributed by atoms with van der Waals surface area (Å²) in [4.78, 5) is 0. The smallest absolute Gasteiger partial charge is 0.159 e. The molecule has 0 saturated heterocycles. The lowest BCUT2D eigenvalue weighted by Crippen LogP contribution is -2.20. The van der Waals surface area contributed by atoms with Crippen LogP contribution in [0.5, 0.6) is 0 Å². The Balaban J connectivity index is 2.37. The van der Waals surface area contributed by atoms with Gasteiger partial charge in [-0.05, 0) is 56.5 Å². The molecule has 3 heteroatoms. The quantitative estimate of drug-likeness (QED) is 0.579. The van der Waals surface area contributed by atoms with Crippen LogP contribution in [0.4, 0.5) is 8.78 Å². The topological polar surface area (TPSA) is 12.0 Å². The van der Waals surface area contributed by atoms with Crippen LogP contribution in [0, 0.1) is 17.6 Å². The maximum atomic E-state index is 13.1. The lowest BCUT2D eigenvalue weighted by molar-refractivity contribution is 0.507. The monoisotopic (exact) mass is 267 g/mol. The Labute approximate surface area is 114 Å². The summed E-state index contributed by atoms with van der Waals surface area (Å²) < 4.78 is 25.8. The summed E-state index contributed by atoms with van der Waals surface area (Å²) >= 11 is 0. The molecule has 0 radical (unpaired) electrons. The van der Waals surface area contributed by atoms with Gasteiger partial charge in [-0.3, -0.25) is 0 Å². The van der Waals surface area contributed by atoms with Gasteiger partial charge in [0.2, 0.25) is 0 Å². The molecule has 0 heterocycles. The average Bonchev–Trinajstić information content (AvgIpc) is 2.33. The Morgan fingerprint density at radius 1 is 1.26 bits per heavy atom. The first-order valence-electron chi connectivity index (χ1n) is 6.79. The fraction of sp³-hybridized carbons (Fsp3) is 0.500. The van der Waals surface area contributed by atoms with E-state index in [1.165, 1.54) is 17.7 Å². The zero-order valence-electron chi connectivity index (χ0n) is 12.0. The van der Waals surface area contributed by atoms with Crippen LogP contribution < -0.4 is 5.32 Å². The van der Waals surface area contributed by atoms with Crippen molar-refractivity contribution in [3.63, 3.8) is 0 Å². The Morgan fingerprint density at radius 3 is 2.63 bits per heavy atom. The van der Waals surface area contributed by atoms with Gasteiger partial charge in [0.15, 0.2) is 11.6 Å². The van der Waals surface area contributed by atoms with Gasteiger partial charge in [0.1, 0.15) is 0 Å². The van der Waals surface area contributed by atoms with Crippen molar-refractivity contribution in [2.24, 2.45) is 5.92 Å². The van der Waals surface area contributed by atoms with Crippen molar-refractivity contribution in [2.45, 2.75) is 33.6 Å². The maximum Gasteiger partial charge on any atom is 0.159 e. The Morgan fingerprint density at radius 2 is 2.00 bits per heavy atom. The minimum absolute atomic E-state index is 0.660. The van der Waals surface area contributed by atoms with E-state index in [-0.39, 0.29) is 0 Å². The van der Waals surface area contributed by atoms with Gasteiger partial charge in [-0.2, -0.15) is 0 Å². The molecule has 0 bridgehead atoms. The SMILES string of the molecule is C/C(=C/CCNCC(C)C)Cc1ccc(F)c(F)c1. The van der Waals surface area contributed by atoms with E-state index in [9.17, 15) is 8.78 Å². The summed E-state index contributed by atoms with van der Waals surface area (Å²) in [7, 11) is 0. The predicted molar refractivity (Wildman–Crippen MR) is 76.1 cm³/mol. The van der Waals surface area contributed by atoms with E-state index >= 15 is 0 Å². The van der Waals surface area contributed by atoms with Crippen LogP contribution >= 0.6 is 0 Å². The van der Waals surface area contributed by atoms with Crippen LogP contribution in [0.25, 0.3) is 0 Å². The molecule has 0 aliphatic heterocycles. The van der Waals surface area contributed by atoms with Gasteiger partial charge < -0.3 is 5.32 Å². The molecule has 0 unspecified atom stereocenters. The molecule has 0 aliphatic carbocycles. The lowest BCUT2D eigenvalue weighted by Gasteiger charge is -2.06. The third kappa shape index (κ3) is 6.48. The summed E-state index contributed by atoms with van der Waals surface area (Å²) in [5.74, 6) is -0.903. The van der Waals surface area contributed by atoms with Gasteiger partial charge in [0.25, 0.3) is 0 Å². The van der Waals surface area contributed by atoms with E-state index in [0.29, 0.717) is 12.3 Å². The number of halogens is 2. The van der Waals surface area contributed by atoms with Crippen LogP contribution in [0.3, 0.4) is 0 Å². The molecule has 0 aliphatic rings. The highest BCUT2D eigenvalue weighted by Gasteiger charge is 2.02. The molecule has 0 amide bonds. The van der Waals surface area contributed by atoms with Gasteiger partial charge in [0.05, 0.1) is 0 Å². The van der Waals surface area contributed by atoms with Gasteiger partial charge in [-0.1, -0.05) is 31.6 Å². The highest BCUT2D eigenvalue weighted by Crippen LogP contribution is 2.12. The summed E-state index contributed by atoms with van der Waals surface area (Å²) in [6, 6.07) is 4.08. The van der Waals surface area contributed by atoms with E-state index in [1.807, 2.05) is 6.92 Å². The van der Waals surface area contributed by atoms with Gasteiger partial charge >= 0.3 is 0 Å². The standard InChI is InChI=1S/C16H23F2N/c1-12(2)11-19-8-4-5-13(3)9-14-6-7-15(17)16(18)10-14/h5-7,10,12,19H,4,8-9,11H2,1-3H3/b13-5-. The summed E-state index contributed by atoms with van der Waals surface area (Å²) in [6.07, 6.45) is 3.78. The molecule has 106 valence electrons. The van der Waals surface area contributed by atoms with Crippen molar-refractivity contribution in [2.75, 3.05) is 13.1 Å². The third-order valence-electron chi connectivity index (χ3n) is 2.83. The van der Waals surface area contributed by atoms with Crippen LogP contribution in [0.2, 0.25) is 0 Å². The zero-order chi connectivity index (χ0) is 14.3. The fourth-order valence-corrected chi connectivity index (χ4v) is 1.86. The summed E-state index contributed by atoms with van der Waals surface area (Å²) in [5, 5.41) is 3.37. The van der Waals surface area contributed by atoms with E-state index in [2.05, 4.69) is 25.2 Å². The Hall–Kier alpha value is -1.22. The zero-order valence-corrected chi connectivity index (χ0v) is 12.0. The van der Waals surface area contributed by atoms with E-state index in [0.717, 1.165) is 25.1 Å². The van der Waals surface area contributed by atoms with Crippen molar-refractivity contribution >= 4 is 0 Å². The molecule has 1 aromatic carbocycles. The van der Waals surface area contributed by atoms with Crippen LogP contribution in [-0.2, 0) is 6.42 Å². The number of hydrogen-bond donors (Lipinski definition) is 1. The maximum absolute atomic E-state index is 13.1. The van der Waals surface area contributed by atoms with Crippen LogP contribution in [0.15, 0.2) is 29.8 Å². The van der Waals surface area contributed by atoms with E-state index in [4.69, 9.17) is 0 Å². The van der Waals surface area contributed by atoms with Crippen molar-refractivity contribution in [1.82, 2.24) is 5.32 Å². The van der Waals surface area contributed by atoms with Gasteiger partial charge in [0, 0.05) is 0 Å². The van der Waals surface area contributed by atoms with Gasteiger partial charge in [-0.15, -0.1) is 0 Å². The highest BCUT2D eigenvalue weighted by atomic mass is 19.2. The molecule has 0 spiro atoms. The number of hydrogen-bond acceptors (Lipinski definition) is 1. The Kier molecular flexibility index (Phi) is 6.71. The second-order valence-corrected chi connectivity index (χ2v) is 5.36. The molecular formula is C16H23F2N. The van der Waals surface area contributed by atoms with Gasteiger partial charge in [-0.25, -0.2) is 8.78 Å². The third-order valence-corrected chi connectivity index (χ3v) is 2.83. The average molecular weight is 267 g/mol. The normalized spacial score (nSPS) is 12.2. The molecule has 0 saturated carbocycles. The molecule has 0 atom stereocenters. The fourth-order valence-electron chi connectivity index (χ4n) is 1.86. The second kappa shape index (κ2) is 8.05. The van der Waals surface area contributed by atoms with Crippen molar-refractivity contribution in [3.05, 3.63) is 47.0 Å². The molecule has 1 aromatic rings. The minimum atomic E-state index is -0.789. The first-order chi connectivity index (χ1) is 8.99. The van der Waals surface area contributed by atoms with E-state index in [1.54, 1.807) is 6.07 Å². The second-order valence-electron chi connectivity index (χ2n) is 5.36.